The van der Waals surface area contributed by atoms with Gasteiger partial charge in [0.2, 0.25) is 11.6 Å². The number of carbonyl (C=O) groups excluding carboxylic acids is 2. The van der Waals surface area contributed by atoms with Gasteiger partial charge in [-0.3, -0.25) is 9.59 Å². The quantitative estimate of drug-likeness (QED) is 0.617. The Labute approximate surface area is 178 Å². The maximum atomic E-state index is 12.8. The van der Waals surface area contributed by atoms with Gasteiger partial charge in [-0.25, -0.2) is 18.9 Å². The van der Waals surface area contributed by atoms with Crippen molar-refractivity contribution in [1.82, 2.24) is 24.1 Å². The van der Waals surface area contributed by atoms with E-state index in [1.807, 2.05) is 11.8 Å². The molecule has 0 unspecified atom stereocenters. The molecule has 0 spiro atoms. The zero-order valence-corrected chi connectivity index (χ0v) is 17.8. The number of likely N-dealkylation sites (tertiary alicyclic amines) is 1. The third kappa shape index (κ3) is 4.16. The average molecular weight is 435 g/mol. The van der Waals surface area contributed by atoms with Gasteiger partial charge in [0.25, 0.3) is 0 Å². The van der Waals surface area contributed by atoms with Crippen molar-refractivity contribution >= 4 is 35.1 Å². The summed E-state index contributed by atoms with van der Waals surface area (Å²) in [4.78, 5) is 45.7. The van der Waals surface area contributed by atoms with Crippen molar-refractivity contribution in [1.29, 1.82) is 0 Å². The summed E-state index contributed by atoms with van der Waals surface area (Å²) in [6.45, 7) is 4.68. The van der Waals surface area contributed by atoms with E-state index in [1.54, 1.807) is 24.2 Å². The number of aromatic nitrogens is 4. The van der Waals surface area contributed by atoms with E-state index < -0.39 is 0 Å². The summed E-state index contributed by atoms with van der Waals surface area (Å²) < 4.78 is 7.73. The molecule has 0 saturated carbocycles. The number of hydrogen-bond donors (Lipinski definition) is 0. The van der Waals surface area contributed by atoms with Crippen LogP contribution in [0.1, 0.15) is 19.8 Å². The van der Waals surface area contributed by atoms with Gasteiger partial charge in [0.15, 0.2) is 5.82 Å². The van der Waals surface area contributed by atoms with Crippen molar-refractivity contribution in [3.8, 4) is 0 Å². The maximum Gasteiger partial charge on any atom is 0.350 e. The average Bonchev–Trinajstić information content (AvgIpc) is 3.10. The van der Waals surface area contributed by atoms with Gasteiger partial charge in [-0.05, 0) is 19.8 Å². The highest BCUT2D eigenvalue weighted by Crippen LogP contribution is 2.21. The van der Waals surface area contributed by atoms with Crippen LogP contribution in [-0.2, 0) is 20.9 Å². The van der Waals surface area contributed by atoms with Crippen molar-refractivity contribution in [3.05, 3.63) is 22.9 Å². The first-order chi connectivity index (χ1) is 14.6. The molecule has 10 nitrogen and oxygen atoms in total. The van der Waals surface area contributed by atoms with Crippen molar-refractivity contribution < 1.29 is 14.3 Å². The molecule has 2 fully saturated rings. The number of rotatable bonds is 5. The summed E-state index contributed by atoms with van der Waals surface area (Å²) in [6, 6.07) is 0. The van der Waals surface area contributed by atoms with Gasteiger partial charge in [0.05, 0.1) is 12.5 Å². The van der Waals surface area contributed by atoms with Gasteiger partial charge in [-0.15, -0.1) is 5.10 Å². The molecule has 2 aliphatic heterocycles. The molecule has 2 saturated heterocycles. The molecule has 0 aromatic carbocycles. The summed E-state index contributed by atoms with van der Waals surface area (Å²) >= 11 is 1.89. The van der Waals surface area contributed by atoms with E-state index in [1.165, 1.54) is 9.08 Å². The van der Waals surface area contributed by atoms with Crippen molar-refractivity contribution in [2.75, 3.05) is 49.2 Å². The molecule has 0 N–H and O–H groups in total. The first kappa shape index (κ1) is 20.7. The highest BCUT2D eigenvalue weighted by atomic mass is 32.2. The number of piperidine rings is 1. The minimum atomic E-state index is -0.352. The number of fused-ring (bicyclic) bond motifs is 1. The number of anilines is 1. The van der Waals surface area contributed by atoms with Crippen LogP contribution < -0.4 is 10.6 Å². The van der Waals surface area contributed by atoms with E-state index >= 15 is 0 Å². The van der Waals surface area contributed by atoms with E-state index in [2.05, 4.69) is 15.0 Å². The van der Waals surface area contributed by atoms with Crippen LogP contribution in [0.4, 0.5) is 5.82 Å². The van der Waals surface area contributed by atoms with E-state index in [0.717, 1.165) is 24.6 Å². The minimum Gasteiger partial charge on any atom is -0.466 e. The third-order valence-corrected chi connectivity index (χ3v) is 6.49. The lowest BCUT2D eigenvalue weighted by atomic mass is 9.97. The Balaban J connectivity index is 1.46. The lowest BCUT2D eigenvalue weighted by molar-refractivity contribution is -0.151. The van der Waals surface area contributed by atoms with Crippen molar-refractivity contribution in [2.24, 2.45) is 5.92 Å². The maximum absolute atomic E-state index is 12.8. The molecule has 2 aromatic heterocycles. The second-order valence-corrected chi connectivity index (χ2v) is 8.62. The van der Waals surface area contributed by atoms with Crippen LogP contribution in [0, 0.1) is 5.92 Å². The summed E-state index contributed by atoms with van der Waals surface area (Å²) in [7, 11) is 0. The smallest absolute Gasteiger partial charge is 0.350 e. The summed E-state index contributed by atoms with van der Waals surface area (Å²) in [5.74, 6) is 2.16. The van der Waals surface area contributed by atoms with Crippen LogP contribution in [0.25, 0.3) is 5.65 Å². The molecule has 0 aliphatic carbocycles. The Bertz CT molecular complexity index is 975. The monoisotopic (exact) mass is 434 g/mol. The number of nitrogens with zero attached hydrogens (tertiary/aromatic N) is 6. The predicted octanol–water partition coefficient (Wildman–Crippen LogP) is 0.246. The minimum absolute atomic E-state index is 0.125. The van der Waals surface area contributed by atoms with E-state index in [9.17, 15) is 14.4 Å². The van der Waals surface area contributed by atoms with Crippen LogP contribution in [0.15, 0.2) is 17.2 Å². The molecule has 2 aliphatic rings. The number of esters is 1. The van der Waals surface area contributed by atoms with Crippen LogP contribution in [0.5, 0.6) is 0 Å². The van der Waals surface area contributed by atoms with Crippen LogP contribution in [0.3, 0.4) is 0 Å². The Morgan fingerprint density at radius 2 is 1.93 bits per heavy atom. The number of thioether (sulfide) groups is 1. The van der Waals surface area contributed by atoms with E-state index in [-0.39, 0.29) is 30.0 Å². The lowest BCUT2D eigenvalue weighted by Crippen LogP contribution is -2.43. The lowest BCUT2D eigenvalue weighted by Gasteiger charge is -2.30. The standard InChI is InChI=1S/C19H26N6O4S/c1-2-29-18(27)14-3-6-22(7-4-14)15(26)13-25-19(28)24-8-5-20-16(17(24)21-25)23-9-11-30-12-10-23/h5,8,14H,2-4,6-7,9-13H2,1H3. The third-order valence-electron chi connectivity index (χ3n) is 5.55. The second kappa shape index (κ2) is 9.07. The molecule has 2 aromatic rings. The molecule has 4 heterocycles. The highest BCUT2D eigenvalue weighted by Gasteiger charge is 2.29. The number of hydrogen-bond acceptors (Lipinski definition) is 8. The number of carbonyl (C=O) groups is 2. The van der Waals surface area contributed by atoms with Gasteiger partial charge in [-0.2, -0.15) is 11.8 Å². The zero-order chi connectivity index (χ0) is 21.1. The molecule has 0 radical (unpaired) electrons. The van der Waals surface area contributed by atoms with Gasteiger partial charge in [-0.1, -0.05) is 0 Å². The first-order valence-corrected chi connectivity index (χ1v) is 11.4. The Kier molecular flexibility index (Phi) is 6.26. The molecule has 1 amide bonds. The van der Waals surface area contributed by atoms with E-state index in [4.69, 9.17) is 4.74 Å². The second-order valence-electron chi connectivity index (χ2n) is 7.39. The van der Waals surface area contributed by atoms with Gasteiger partial charge >= 0.3 is 11.7 Å². The fourth-order valence-electron chi connectivity index (χ4n) is 3.89. The topological polar surface area (TPSA) is 102 Å². The van der Waals surface area contributed by atoms with Crippen molar-refractivity contribution in [2.45, 2.75) is 26.3 Å². The van der Waals surface area contributed by atoms with Crippen molar-refractivity contribution in [3.63, 3.8) is 0 Å². The first-order valence-electron chi connectivity index (χ1n) is 10.3. The van der Waals surface area contributed by atoms with Crippen LogP contribution >= 0.6 is 11.8 Å². The molecular weight excluding hydrogens is 408 g/mol. The molecule has 162 valence electrons. The normalized spacial score (nSPS) is 18.0. The Morgan fingerprint density at radius 3 is 2.63 bits per heavy atom. The number of ether oxygens (including phenoxy) is 1. The summed E-state index contributed by atoms with van der Waals surface area (Å²) in [5, 5.41) is 4.42. The SMILES string of the molecule is CCOC(=O)C1CCN(C(=O)Cn2nc3c(N4CCSCC4)nccn3c2=O)CC1. The zero-order valence-electron chi connectivity index (χ0n) is 17.0. The Hall–Kier alpha value is -2.56. The van der Waals surface area contributed by atoms with Gasteiger partial charge in [0, 0.05) is 50.1 Å². The summed E-state index contributed by atoms with van der Waals surface area (Å²) in [5.41, 5.74) is 0.123. The molecular formula is C19H26N6O4S. The molecule has 4 rings (SSSR count). The Morgan fingerprint density at radius 1 is 1.20 bits per heavy atom. The molecule has 0 bridgehead atoms. The summed E-state index contributed by atoms with van der Waals surface area (Å²) in [6.07, 6.45) is 4.33. The van der Waals surface area contributed by atoms with Gasteiger partial charge < -0.3 is 14.5 Å². The number of amides is 1. The van der Waals surface area contributed by atoms with Crippen LogP contribution in [-0.4, -0.2) is 80.2 Å². The predicted molar refractivity (Wildman–Crippen MR) is 113 cm³/mol. The molecule has 0 atom stereocenters. The largest absolute Gasteiger partial charge is 0.466 e. The fourth-order valence-corrected chi connectivity index (χ4v) is 4.79. The van der Waals surface area contributed by atoms with Gasteiger partial charge in [0.1, 0.15) is 6.54 Å². The van der Waals surface area contributed by atoms with E-state index in [0.29, 0.717) is 44.0 Å². The van der Waals surface area contributed by atoms with Crippen LogP contribution in [0.2, 0.25) is 0 Å². The highest BCUT2D eigenvalue weighted by molar-refractivity contribution is 7.99. The molecule has 30 heavy (non-hydrogen) atoms. The fraction of sp³-hybridized carbons (Fsp3) is 0.632. The molecule has 11 heteroatoms.